The first-order valence-electron chi connectivity index (χ1n) is 16.7. The molecule has 0 unspecified atom stereocenters. The maximum Gasteiger partial charge on any atom is 0.276 e. The van der Waals surface area contributed by atoms with Gasteiger partial charge in [-0.2, -0.15) is 10.2 Å². The van der Waals surface area contributed by atoms with Crippen LogP contribution in [0.3, 0.4) is 0 Å². The van der Waals surface area contributed by atoms with Gasteiger partial charge < -0.3 is 24.3 Å². The monoisotopic (exact) mass is 709 g/mol. The van der Waals surface area contributed by atoms with E-state index in [4.69, 9.17) is 14.5 Å². The molecule has 0 radical (unpaired) electrons. The summed E-state index contributed by atoms with van der Waals surface area (Å²) in [7, 11) is 4.60. The van der Waals surface area contributed by atoms with Crippen LogP contribution in [0.1, 0.15) is 56.6 Å². The summed E-state index contributed by atoms with van der Waals surface area (Å²) in [4.78, 5) is 48.0. The maximum atomic E-state index is 13.5. The number of para-hydroxylation sites is 1. The van der Waals surface area contributed by atoms with Crippen molar-refractivity contribution in [1.82, 2.24) is 38.7 Å². The molecule has 0 aliphatic carbocycles. The quantitative estimate of drug-likeness (QED) is 0.113. The highest BCUT2D eigenvalue weighted by Crippen LogP contribution is 2.32. The maximum absolute atomic E-state index is 13.5. The average Bonchev–Trinajstić information content (AvgIpc) is 3.92. The topological polar surface area (TPSA) is 191 Å². The molecule has 6 aromatic rings. The minimum absolute atomic E-state index is 0.267. The molecule has 0 fully saturated rings. The van der Waals surface area contributed by atoms with Crippen LogP contribution < -0.4 is 25.8 Å². The summed E-state index contributed by atoms with van der Waals surface area (Å²) in [5, 5.41) is 14.7. The van der Waals surface area contributed by atoms with Gasteiger partial charge in [-0.15, -0.1) is 0 Å². The Morgan fingerprint density at radius 1 is 0.750 bits per heavy atom. The van der Waals surface area contributed by atoms with E-state index in [-0.39, 0.29) is 24.3 Å². The van der Waals surface area contributed by atoms with Crippen LogP contribution in [0.2, 0.25) is 0 Å². The Morgan fingerprint density at radius 2 is 1.25 bits per heavy atom. The molecule has 4 heterocycles. The molecule has 0 saturated carbocycles. The lowest BCUT2D eigenvalue weighted by Gasteiger charge is -2.12. The van der Waals surface area contributed by atoms with Gasteiger partial charge >= 0.3 is 0 Å². The largest absolute Gasteiger partial charge is 0.494 e. The first-order valence-corrected chi connectivity index (χ1v) is 16.7. The third-order valence-corrected chi connectivity index (χ3v) is 8.20. The fourth-order valence-corrected chi connectivity index (χ4v) is 5.97. The van der Waals surface area contributed by atoms with E-state index in [1.165, 1.54) is 14.2 Å². The molecule has 6 rings (SSSR count). The van der Waals surface area contributed by atoms with Crippen LogP contribution in [-0.2, 0) is 26.2 Å². The second-order valence-corrected chi connectivity index (χ2v) is 11.5. The molecule has 16 nitrogen and oxygen atoms in total. The summed E-state index contributed by atoms with van der Waals surface area (Å²) in [6.07, 6.45) is 4.55. The lowest BCUT2D eigenvalue weighted by atomic mass is 10.2. The van der Waals surface area contributed by atoms with Crippen molar-refractivity contribution < 1.29 is 23.9 Å². The van der Waals surface area contributed by atoms with Crippen LogP contribution in [0.15, 0.2) is 54.6 Å². The van der Waals surface area contributed by atoms with E-state index in [9.17, 15) is 14.4 Å². The SMILES string of the molecule is CCn1nc(C)cc1C(=O)Nc1nc2cccc(OC)c2n1C/C=C/Cn1c(NC(=O)c2cc(C)nn2CC)nc2cc(C=O)cc(OC)c21.CN. The van der Waals surface area contributed by atoms with Gasteiger partial charge in [0.1, 0.15) is 40.2 Å². The highest BCUT2D eigenvalue weighted by atomic mass is 16.5. The van der Waals surface area contributed by atoms with Gasteiger partial charge in [0.2, 0.25) is 11.9 Å². The van der Waals surface area contributed by atoms with Crippen LogP contribution in [0.25, 0.3) is 22.1 Å². The Labute approximate surface area is 300 Å². The number of nitrogens with one attached hydrogen (secondary N) is 2. The molecular formula is C36H43N11O5. The minimum Gasteiger partial charge on any atom is -0.494 e. The first-order chi connectivity index (χ1) is 25.2. The lowest BCUT2D eigenvalue weighted by Crippen LogP contribution is -2.20. The number of amides is 2. The number of aryl methyl sites for hydroxylation is 4. The summed E-state index contributed by atoms with van der Waals surface area (Å²) >= 11 is 0. The van der Waals surface area contributed by atoms with Crippen molar-refractivity contribution in [2.24, 2.45) is 5.73 Å². The van der Waals surface area contributed by atoms with Crippen molar-refractivity contribution in [1.29, 1.82) is 0 Å². The molecule has 0 bridgehead atoms. The fraction of sp³-hybridized carbons (Fsp3) is 0.306. The van der Waals surface area contributed by atoms with Gasteiger partial charge in [-0.1, -0.05) is 18.2 Å². The third kappa shape index (κ3) is 7.27. The number of carbonyl (C=O) groups is 3. The average molecular weight is 710 g/mol. The number of anilines is 2. The van der Waals surface area contributed by atoms with Crippen molar-refractivity contribution in [3.05, 3.63) is 83.0 Å². The summed E-state index contributed by atoms with van der Waals surface area (Å²) in [6, 6.07) is 12.3. The Kier molecular flexibility index (Phi) is 11.5. The van der Waals surface area contributed by atoms with Crippen molar-refractivity contribution >= 4 is 52.1 Å². The van der Waals surface area contributed by atoms with E-state index >= 15 is 0 Å². The Bertz CT molecular complexity index is 2270. The standard InChI is InChI=1S/C35H38N10O5.CH5N/c1-7-44-26(16-21(3)40-44)32(47)38-34-36-24-12-11-13-28(49-5)30(24)42(34)14-9-10-15-43-31-25(18-23(20-46)19-29(31)50-6)37-35(43)39-33(48)27-17-22(4)41-45(27)8-2;1-2/h9-13,16-20H,7-8,14-15H2,1-6H3,(H,36,38,47)(H,37,39,48);2H2,1H3/b10-9+;. The number of methoxy groups -OCH3 is 2. The number of carbonyl (C=O) groups excluding carboxylic acids is 3. The highest BCUT2D eigenvalue weighted by molar-refractivity contribution is 6.04. The Balaban J connectivity index is 0.00000257. The van der Waals surface area contributed by atoms with Gasteiger partial charge in [0.25, 0.3) is 11.8 Å². The van der Waals surface area contributed by atoms with Crippen LogP contribution in [-0.4, -0.2) is 78.0 Å². The van der Waals surface area contributed by atoms with E-state index in [0.717, 1.165) is 17.7 Å². The van der Waals surface area contributed by atoms with Crippen LogP contribution in [0, 0.1) is 13.8 Å². The number of rotatable bonds is 13. The molecular weight excluding hydrogens is 666 g/mol. The van der Waals surface area contributed by atoms with Crippen molar-refractivity contribution in [2.45, 2.75) is 53.9 Å². The first kappa shape index (κ1) is 37.0. The molecule has 2 amide bonds. The number of imidazole rings is 2. The molecule has 0 atom stereocenters. The third-order valence-electron chi connectivity index (χ3n) is 8.20. The molecule has 0 aliphatic heterocycles. The Morgan fingerprint density at radius 3 is 1.73 bits per heavy atom. The van der Waals surface area contributed by atoms with E-state index < -0.39 is 0 Å². The van der Waals surface area contributed by atoms with Crippen LogP contribution >= 0.6 is 0 Å². The second kappa shape index (κ2) is 16.2. The smallest absolute Gasteiger partial charge is 0.276 e. The van der Waals surface area contributed by atoms with Gasteiger partial charge in [0.05, 0.1) is 36.6 Å². The van der Waals surface area contributed by atoms with Gasteiger partial charge in [0, 0.05) is 31.7 Å². The normalized spacial score (nSPS) is 11.2. The van der Waals surface area contributed by atoms with E-state index in [1.807, 2.05) is 62.6 Å². The van der Waals surface area contributed by atoms with Crippen molar-refractivity contribution in [3.63, 3.8) is 0 Å². The number of nitrogens with two attached hydrogens (primary N) is 1. The van der Waals surface area contributed by atoms with Gasteiger partial charge in [-0.3, -0.25) is 34.4 Å². The fourth-order valence-electron chi connectivity index (χ4n) is 5.97. The zero-order valence-electron chi connectivity index (χ0n) is 30.3. The number of aldehydes is 1. The number of fused-ring (bicyclic) bond motifs is 2. The molecule has 272 valence electrons. The number of allylic oxidation sites excluding steroid dienone is 2. The predicted molar refractivity (Wildman–Crippen MR) is 198 cm³/mol. The second-order valence-electron chi connectivity index (χ2n) is 11.5. The molecule has 0 saturated heterocycles. The molecule has 0 spiro atoms. The number of benzene rings is 2. The van der Waals surface area contributed by atoms with Crippen LogP contribution in [0.5, 0.6) is 11.5 Å². The van der Waals surface area contributed by atoms with Crippen molar-refractivity contribution in [2.75, 3.05) is 31.9 Å². The van der Waals surface area contributed by atoms with Crippen molar-refractivity contribution in [3.8, 4) is 11.5 Å². The zero-order chi connectivity index (χ0) is 37.5. The predicted octanol–water partition coefficient (Wildman–Crippen LogP) is 4.60. The molecule has 16 heteroatoms. The number of hydrogen-bond donors (Lipinski definition) is 3. The van der Waals surface area contributed by atoms with Gasteiger partial charge in [-0.25, -0.2) is 9.97 Å². The minimum atomic E-state index is -0.375. The lowest BCUT2D eigenvalue weighted by molar-refractivity contribution is 0.100. The van der Waals surface area contributed by atoms with Gasteiger partial charge in [0.15, 0.2) is 0 Å². The molecule has 4 aromatic heterocycles. The highest BCUT2D eigenvalue weighted by Gasteiger charge is 2.22. The van der Waals surface area contributed by atoms with E-state index in [2.05, 4.69) is 31.5 Å². The summed E-state index contributed by atoms with van der Waals surface area (Å²) in [6.45, 7) is 9.14. The number of aromatic nitrogens is 8. The molecule has 0 aliphatic rings. The van der Waals surface area contributed by atoms with E-state index in [0.29, 0.717) is 76.1 Å². The molecule has 2 aromatic carbocycles. The summed E-state index contributed by atoms with van der Waals surface area (Å²) in [5.74, 6) is 0.923. The Hall–Kier alpha value is -6.29. The van der Waals surface area contributed by atoms with Gasteiger partial charge in [-0.05, 0) is 71.1 Å². The summed E-state index contributed by atoms with van der Waals surface area (Å²) < 4.78 is 18.3. The van der Waals surface area contributed by atoms with E-state index in [1.54, 1.807) is 45.3 Å². The zero-order valence-corrected chi connectivity index (χ0v) is 30.3. The summed E-state index contributed by atoms with van der Waals surface area (Å²) in [5.41, 5.74) is 9.61. The number of hydrogen-bond acceptors (Lipinski definition) is 10. The molecule has 4 N–H and O–H groups in total. The number of ether oxygens (including phenoxy) is 2. The molecule has 52 heavy (non-hydrogen) atoms. The van der Waals surface area contributed by atoms with Crippen LogP contribution in [0.4, 0.5) is 11.9 Å². The number of nitrogens with zero attached hydrogens (tertiary/aromatic N) is 8.